The van der Waals surface area contributed by atoms with Gasteiger partial charge in [0.1, 0.15) is 0 Å². The highest BCUT2D eigenvalue weighted by Crippen LogP contribution is 2.29. The number of amides is 1. The van der Waals surface area contributed by atoms with Crippen molar-refractivity contribution in [3.05, 3.63) is 107 Å². The molecule has 3 aromatic carbocycles. The molecule has 0 unspecified atom stereocenters. The molecule has 0 fully saturated rings. The maximum absolute atomic E-state index is 13.0. The first kappa shape index (κ1) is 18.5. The molecular formula is C23H22N2O2. The van der Waals surface area contributed by atoms with Crippen LogP contribution in [0.2, 0.25) is 0 Å². The number of hydrazone groups is 1. The number of nitrogens with one attached hydrogen (secondary N) is 1. The zero-order valence-electron chi connectivity index (χ0n) is 15.4. The number of rotatable bonds is 5. The lowest BCUT2D eigenvalue weighted by atomic mass is 9.85. The van der Waals surface area contributed by atoms with Crippen LogP contribution in [0.4, 0.5) is 0 Å². The molecule has 0 heterocycles. The topological polar surface area (TPSA) is 61.7 Å². The Morgan fingerprint density at radius 2 is 1.44 bits per heavy atom. The summed E-state index contributed by atoms with van der Waals surface area (Å²) in [5.41, 5.74) is 4.36. The summed E-state index contributed by atoms with van der Waals surface area (Å²) in [6.07, 6.45) is 0. The second-order valence-corrected chi connectivity index (χ2v) is 6.45. The molecule has 0 radical (unpaired) electrons. The lowest BCUT2D eigenvalue weighted by Gasteiger charge is -2.27. The van der Waals surface area contributed by atoms with Gasteiger partial charge in [0.15, 0.2) is 5.60 Å². The average molecular weight is 358 g/mol. The summed E-state index contributed by atoms with van der Waals surface area (Å²) in [4.78, 5) is 13.0. The van der Waals surface area contributed by atoms with E-state index in [1.54, 1.807) is 48.5 Å². The Labute approximate surface area is 159 Å². The van der Waals surface area contributed by atoms with E-state index in [4.69, 9.17) is 0 Å². The summed E-state index contributed by atoms with van der Waals surface area (Å²) in [7, 11) is 0. The zero-order chi connectivity index (χ0) is 19.3. The number of nitrogens with zero attached hydrogens (tertiary/aromatic N) is 1. The molecule has 0 aliphatic heterocycles. The van der Waals surface area contributed by atoms with Gasteiger partial charge in [-0.25, -0.2) is 5.43 Å². The van der Waals surface area contributed by atoms with Gasteiger partial charge < -0.3 is 5.11 Å². The van der Waals surface area contributed by atoms with E-state index in [1.807, 2.05) is 50.2 Å². The summed E-state index contributed by atoms with van der Waals surface area (Å²) in [5.74, 6) is -0.605. The van der Waals surface area contributed by atoms with Crippen LogP contribution in [-0.4, -0.2) is 16.7 Å². The van der Waals surface area contributed by atoms with Crippen molar-refractivity contribution in [2.24, 2.45) is 5.10 Å². The first-order chi connectivity index (χ1) is 13.0. The van der Waals surface area contributed by atoms with Gasteiger partial charge in [-0.15, -0.1) is 0 Å². The van der Waals surface area contributed by atoms with Crippen LogP contribution < -0.4 is 5.43 Å². The van der Waals surface area contributed by atoms with Gasteiger partial charge in [0.05, 0.1) is 5.71 Å². The number of hydrogen-bond donors (Lipinski definition) is 2. The van der Waals surface area contributed by atoms with E-state index in [0.29, 0.717) is 16.8 Å². The molecule has 0 aliphatic rings. The Balaban J connectivity index is 1.94. The fourth-order valence-corrected chi connectivity index (χ4v) is 2.94. The van der Waals surface area contributed by atoms with E-state index in [9.17, 15) is 9.90 Å². The number of carbonyl (C=O) groups excluding carboxylic acids is 1. The number of carbonyl (C=O) groups is 1. The third-order valence-corrected chi connectivity index (χ3v) is 4.47. The van der Waals surface area contributed by atoms with Crippen LogP contribution in [-0.2, 0) is 10.4 Å². The minimum Gasteiger partial charge on any atom is -0.372 e. The van der Waals surface area contributed by atoms with Crippen molar-refractivity contribution in [3.8, 4) is 0 Å². The predicted molar refractivity (Wildman–Crippen MR) is 107 cm³/mol. The molecule has 0 bridgehead atoms. The normalized spacial score (nSPS) is 11.9. The molecule has 1 amide bonds. The third kappa shape index (κ3) is 3.96. The first-order valence-electron chi connectivity index (χ1n) is 8.77. The molecule has 0 saturated carbocycles. The highest BCUT2D eigenvalue weighted by atomic mass is 16.3. The second kappa shape index (κ2) is 7.98. The molecule has 27 heavy (non-hydrogen) atoms. The Hall–Kier alpha value is -3.24. The standard InChI is InChI=1S/C23H22N2O2/c1-17-10-9-11-19(16-17)18(2)24-25-22(26)23(27,20-12-5-3-6-13-20)21-14-7-4-8-15-21/h3-16,27H,1-2H3,(H,25,26)/b24-18+. The van der Waals surface area contributed by atoms with Gasteiger partial charge in [0.25, 0.3) is 5.91 Å². The summed E-state index contributed by atoms with van der Waals surface area (Å²) >= 11 is 0. The summed E-state index contributed by atoms with van der Waals surface area (Å²) < 4.78 is 0. The fraction of sp³-hybridized carbons (Fsp3) is 0.130. The molecule has 4 nitrogen and oxygen atoms in total. The lowest BCUT2D eigenvalue weighted by Crippen LogP contribution is -2.43. The predicted octanol–water partition coefficient (Wildman–Crippen LogP) is 3.77. The van der Waals surface area contributed by atoms with Crippen LogP contribution in [0.15, 0.2) is 90.0 Å². The van der Waals surface area contributed by atoms with Gasteiger partial charge in [0, 0.05) is 0 Å². The van der Waals surface area contributed by atoms with Crippen molar-refractivity contribution in [2.75, 3.05) is 0 Å². The minimum absolute atomic E-state index is 0.483. The average Bonchev–Trinajstić information content (AvgIpc) is 2.72. The molecule has 0 atom stereocenters. The van der Waals surface area contributed by atoms with E-state index in [1.165, 1.54) is 0 Å². The van der Waals surface area contributed by atoms with E-state index in [2.05, 4.69) is 10.5 Å². The highest BCUT2D eigenvalue weighted by molar-refractivity contribution is 6.00. The molecule has 0 aliphatic carbocycles. The van der Waals surface area contributed by atoms with Gasteiger partial charge in [-0.3, -0.25) is 4.79 Å². The zero-order valence-corrected chi connectivity index (χ0v) is 15.4. The summed E-state index contributed by atoms with van der Waals surface area (Å²) in [6.45, 7) is 3.82. The third-order valence-electron chi connectivity index (χ3n) is 4.47. The molecule has 136 valence electrons. The van der Waals surface area contributed by atoms with Crippen LogP contribution >= 0.6 is 0 Å². The number of aryl methyl sites for hydroxylation is 1. The minimum atomic E-state index is -1.83. The molecule has 2 N–H and O–H groups in total. The maximum Gasteiger partial charge on any atom is 0.281 e. The van der Waals surface area contributed by atoms with Gasteiger partial charge >= 0.3 is 0 Å². The SMILES string of the molecule is C/C(=N\NC(=O)C(O)(c1ccccc1)c1ccccc1)c1cccc(C)c1. The van der Waals surface area contributed by atoms with Crippen molar-refractivity contribution in [1.29, 1.82) is 0 Å². The summed E-state index contributed by atoms with van der Waals surface area (Å²) in [6, 6.07) is 25.6. The van der Waals surface area contributed by atoms with E-state index in [0.717, 1.165) is 11.1 Å². The molecule has 4 heteroatoms. The van der Waals surface area contributed by atoms with Crippen molar-refractivity contribution in [3.63, 3.8) is 0 Å². The Morgan fingerprint density at radius 1 is 0.889 bits per heavy atom. The van der Waals surface area contributed by atoms with Crippen LogP contribution in [0.25, 0.3) is 0 Å². The van der Waals surface area contributed by atoms with Gasteiger partial charge in [-0.05, 0) is 30.5 Å². The van der Waals surface area contributed by atoms with Gasteiger partial charge in [-0.1, -0.05) is 90.5 Å². The smallest absolute Gasteiger partial charge is 0.281 e. The van der Waals surface area contributed by atoms with Crippen LogP contribution in [0.3, 0.4) is 0 Å². The molecular weight excluding hydrogens is 336 g/mol. The van der Waals surface area contributed by atoms with Crippen LogP contribution in [0.5, 0.6) is 0 Å². The molecule has 3 aromatic rings. The monoisotopic (exact) mass is 358 g/mol. The summed E-state index contributed by atoms with van der Waals surface area (Å²) in [5, 5.41) is 15.6. The van der Waals surface area contributed by atoms with E-state index >= 15 is 0 Å². The van der Waals surface area contributed by atoms with Crippen LogP contribution in [0, 0.1) is 6.92 Å². The number of aliphatic hydroxyl groups is 1. The largest absolute Gasteiger partial charge is 0.372 e. The van der Waals surface area contributed by atoms with Crippen molar-refractivity contribution in [2.45, 2.75) is 19.4 Å². The van der Waals surface area contributed by atoms with Gasteiger partial charge in [0.2, 0.25) is 0 Å². The molecule has 0 aromatic heterocycles. The molecule has 3 rings (SSSR count). The van der Waals surface area contributed by atoms with Crippen molar-refractivity contribution in [1.82, 2.24) is 5.43 Å². The maximum atomic E-state index is 13.0. The highest BCUT2D eigenvalue weighted by Gasteiger charge is 2.39. The quantitative estimate of drug-likeness (QED) is 0.539. The second-order valence-electron chi connectivity index (χ2n) is 6.45. The first-order valence-corrected chi connectivity index (χ1v) is 8.77. The fourth-order valence-electron chi connectivity index (χ4n) is 2.94. The Kier molecular flexibility index (Phi) is 5.48. The Bertz CT molecular complexity index is 911. The van der Waals surface area contributed by atoms with E-state index < -0.39 is 11.5 Å². The number of benzene rings is 3. The van der Waals surface area contributed by atoms with Crippen molar-refractivity contribution < 1.29 is 9.90 Å². The lowest BCUT2D eigenvalue weighted by molar-refractivity contribution is -0.136. The van der Waals surface area contributed by atoms with Crippen molar-refractivity contribution >= 4 is 11.6 Å². The van der Waals surface area contributed by atoms with Crippen LogP contribution in [0.1, 0.15) is 29.2 Å². The molecule has 0 spiro atoms. The molecule has 0 saturated heterocycles. The van der Waals surface area contributed by atoms with E-state index in [-0.39, 0.29) is 0 Å². The number of hydrogen-bond acceptors (Lipinski definition) is 3. The van der Waals surface area contributed by atoms with Gasteiger partial charge in [-0.2, -0.15) is 5.10 Å². The Morgan fingerprint density at radius 3 is 1.96 bits per heavy atom.